The molecule has 0 spiro atoms. The summed E-state index contributed by atoms with van der Waals surface area (Å²) >= 11 is 0. The molecule has 1 aromatic heterocycles. The first-order chi connectivity index (χ1) is 6.74. The normalized spacial score (nSPS) is 11.3. The highest BCUT2D eigenvalue weighted by atomic mass is 16.5. The van der Waals surface area contributed by atoms with Crippen LogP contribution in [0.5, 0.6) is 0 Å². The average molecular weight is 194 g/mol. The van der Waals surface area contributed by atoms with Gasteiger partial charge in [0.2, 0.25) is 0 Å². The second kappa shape index (κ2) is 5.10. The Morgan fingerprint density at radius 2 is 2.57 bits per heavy atom. The molecule has 0 aromatic carbocycles. The molecule has 1 atom stereocenters. The summed E-state index contributed by atoms with van der Waals surface area (Å²) in [4.78, 5) is 10.8. The first-order valence-electron chi connectivity index (χ1n) is 4.12. The molecule has 0 saturated heterocycles. The summed E-state index contributed by atoms with van der Waals surface area (Å²) in [5, 5.41) is 9.39. The largest absolute Gasteiger partial charge is 0.472 e. The fraction of sp³-hybridized carbons (Fsp3) is 0.300. The van der Waals surface area contributed by atoms with Gasteiger partial charge in [0.05, 0.1) is 19.1 Å². The van der Waals surface area contributed by atoms with Gasteiger partial charge in [0.25, 0.3) is 0 Å². The van der Waals surface area contributed by atoms with Crippen molar-refractivity contribution in [3.63, 3.8) is 0 Å². The lowest BCUT2D eigenvalue weighted by Crippen LogP contribution is -2.01. The number of aliphatic hydroxyl groups excluding tert-OH is 1. The second-order valence-electron chi connectivity index (χ2n) is 2.45. The van der Waals surface area contributed by atoms with E-state index in [1.54, 1.807) is 13.0 Å². The maximum atomic E-state index is 10.8. The van der Waals surface area contributed by atoms with E-state index in [2.05, 4.69) is 16.6 Å². The molecule has 1 heterocycles. The number of hydrogen-bond acceptors (Lipinski definition) is 4. The van der Waals surface area contributed by atoms with E-state index in [1.807, 2.05) is 0 Å². The number of furan rings is 1. The van der Waals surface area contributed by atoms with Crippen LogP contribution in [0.1, 0.15) is 18.6 Å². The van der Waals surface area contributed by atoms with Crippen molar-refractivity contribution < 1.29 is 19.1 Å². The lowest BCUT2D eigenvalue weighted by atomic mass is 10.2. The van der Waals surface area contributed by atoms with Gasteiger partial charge in [-0.25, -0.2) is 4.79 Å². The van der Waals surface area contributed by atoms with Crippen LogP contribution in [0.4, 0.5) is 0 Å². The van der Waals surface area contributed by atoms with Gasteiger partial charge in [0, 0.05) is 11.5 Å². The monoisotopic (exact) mass is 194 g/mol. The predicted molar refractivity (Wildman–Crippen MR) is 48.1 cm³/mol. The zero-order valence-electron chi connectivity index (χ0n) is 7.69. The van der Waals surface area contributed by atoms with E-state index in [0.717, 1.165) is 0 Å². The topological polar surface area (TPSA) is 59.7 Å². The van der Waals surface area contributed by atoms with Crippen molar-refractivity contribution in [2.45, 2.75) is 13.0 Å². The Morgan fingerprint density at radius 3 is 3.14 bits per heavy atom. The summed E-state index contributed by atoms with van der Waals surface area (Å²) in [5.41, 5.74) is 0.516. The molecule has 74 valence electrons. The number of ether oxygens (including phenoxy) is 1. The Balaban J connectivity index is 2.55. The van der Waals surface area contributed by atoms with E-state index in [0.29, 0.717) is 5.56 Å². The third-order valence-corrected chi connectivity index (χ3v) is 1.45. The van der Waals surface area contributed by atoms with E-state index in [1.165, 1.54) is 12.5 Å². The molecule has 1 N–H and O–H groups in total. The molecule has 0 aliphatic rings. The summed E-state index contributed by atoms with van der Waals surface area (Å²) in [6.45, 7) is 1.96. The van der Waals surface area contributed by atoms with Crippen LogP contribution in [-0.4, -0.2) is 17.7 Å². The van der Waals surface area contributed by atoms with Gasteiger partial charge in [0.1, 0.15) is 6.10 Å². The lowest BCUT2D eigenvalue weighted by molar-refractivity contribution is -0.136. The van der Waals surface area contributed by atoms with Crippen LogP contribution in [0, 0.1) is 11.8 Å². The van der Waals surface area contributed by atoms with Crippen molar-refractivity contribution in [3.05, 3.63) is 24.2 Å². The minimum absolute atomic E-state index is 0.273. The zero-order chi connectivity index (χ0) is 10.4. The van der Waals surface area contributed by atoms with Crippen molar-refractivity contribution in [1.29, 1.82) is 0 Å². The van der Waals surface area contributed by atoms with Crippen LogP contribution in [0.2, 0.25) is 0 Å². The van der Waals surface area contributed by atoms with Crippen molar-refractivity contribution >= 4 is 5.97 Å². The maximum Gasteiger partial charge on any atom is 0.384 e. The smallest absolute Gasteiger partial charge is 0.384 e. The van der Waals surface area contributed by atoms with E-state index in [-0.39, 0.29) is 6.61 Å². The van der Waals surface area contributed by atoms with Gasteiger partial charge in [0.15, 0.2) is 0 Å². The van der Waals surface area contributed by atoms with Crippen molar-refractivity contribution in [1.82, 2.24) is 0 Å². The predicted octanol–water partition coefficient (Wildman–Crippen LogP) is 0.880. The molecule has 1 rings (SSSR count). The van der Waals surface area contributed by atoms with Crippen molar-refractivity contribution in [3.8, 4) is 11.8 Å². The van der Waals surface area contributed by atoms with Gasteiger partial charge in [-0.15, -0.1) is 0 Å². The minimum atomic E-state index is -1.02. The number of aliphatic hydroxyl groups is 1. The van der Waals surface area contributed by atoms with Crippen LogP contribution in [0.25, 0.3) is 0 Å². The molecule has 0 aliphatic carbocycles. The summed E-state index contributed by atoms with van der Waals surface area (Å²) in [7, 11) is 0. The Hall–Kier alpha value is -1.73. The molecule has 0 saturated carbocycles. The van der Waals surface area contributed by atoms with Gasteiger partial charge < -0.3 is 14.3 Å². The molecule has 0 aliphatic heterocycles. The van der Waals surface area contributed by atoms with Crippen molar-refractivity contribution in [2.24, 2.45) is 0 Å². The quantitative estimate of drug-likeness (QED) is 0.431. The molecule has 14 heavy (non-hydrogen) atoms. The molecule has 1 unspecified atom stereocenters. The Labute approximate surface area is 81.5 Å². The van der Waals surface area contributed by atoms with Gasteiger partial charge in [-0.2, -0.15) is 0 Å². The lowest BCUT2D eigenvalue weighted by Gasteiger charge is -1.96. The molecule has 0 bridgehead atoms. The molecule has 4 heteroatoms. The molecule has 0 radical (unpaired) electrons. The standard InChI is InChI=1S/C10H10O4/c1-2-14-10(12)4-3-9(11)8-5-6-13-7-8/h5-7,9,11H,2H2,1H3. The fourth-order valence-corrected chi connectivity index (χ4v) is 0.808. The van der Waals surface area contributed by atoms with Crippen LogP contribution in [-0.2, 0) is 9.53 Å². The highest BCUT2D eigenvalue weighted by Crippen LogP contribution is 2.10. The number of esters is 1. The highest BCUT2D eigenvalue weighted by molar-refractivity contribution is 5.88. The number of hydrogen-bond donors (Lipinski definition) is 1. The van der Waals surface area contributed by atoms with E-state index in [4.69, 9.17) is 4.42 Å². The summed E-state index contributed by atoms with van der Waals surface area (Å²) in [5.74, 6) is 3.87. The third kappa shape index (κ3) is 2.96. The minimum Gasteiger partial charge on any atom is -0.472 e. The number of rotatable bonds is 2. The Bertz CT molecular complexity index is 342. The van der Waals surface area contributed by atoms with Gasteiger partial charge in [-0.05, 0) is 13.0 Å². The van der Waals surface area contributed by atoms with Crippen LogP contribution >= 0.6 is 0 Å². The number of carbonyl (C=O) groups excluding carboxylic acids is 1. The molecular weight excluding hydrogens is 184 g/mol. The van der Waals surface area contributed by atoms with Gasteiger partial charge >= 0.3 is 5.97 Å². The van der Waals surface area contributed by atoms with Crippen LogP contribution in [0.15, 0.2) is 23.0 Å². The summed E-state index contributed by atoms with van der Waals surface area (Å²) < 4.78 is 9.31. The molecule has 0 fully saturated rings. The summed E-state index contributed by atoms with van der Waals surface area (Å²) in [6.07, 6.45) is 1.77. The first kappa shape index (κ1) is 10.4. The Kier molecular flexibility index (Phi) is 3.77. The van der Waals surface area contributed by atoms with Crippen LogP contribution < -0.4 is 0 Å². The highest BCUT2D eigenvalue weighted by Gasteiger charge is 2.04. The van der Waals surface area contributed by atoms with Gasteiger partial charge in [-0.1, -0.05) is 5.92 Å². The molecule has 4 nitrogen and oxygen atoms in total. The molecule has 0 amide bonds. The first-order valence-corrected chi connectivity index (χ1v) is 4.12. The average Bonchev–Trinajstić information content (AvgIpc) is 2.67. The van der Waals surface area contributed by atoms with Gasteiger partial charge in [-0.3, -0.25) is 0 Å². The number of carbonyl (C=O) groups is 1. The van der Waals surface area contributed by atoms with E-state index >= 15 is 0 Å². The Morgan fingerprint density at radius 1 is 1.79 bits per heavy atom. The van der Waals surface area contributed by atoms with Crippen molar-refractivity contribution in [2.75, 3.05) is 6.61 Å². The molecular formula is C10H10O4. The third-order valence-electron chi connectivity index (χ3n) is 1.45. The second-order valence-corrected chi connectivity index (χ2v) is 2.45. The van der Waals surface area contributed by atoms with E-state index < -0.39 is 12.1 Å². The SMILES string of the molecule is CCOC(=O)C#CC(O)c1ccoc1. The molecule has 1 aromatic rings. The maximum absolute atomic E-state index is 10.8. The summed E-state index contributed by atoms with van der Waals surface area (Å²) in [6, 6.07) is 1.57. The van der Waals surface area contributed by atoms with Crippen LogP contribution in [0.3, 0.4) is 0 Å². The zero-order valence-corrected chi connectivity index (χ0v) is 7.69. The fourth-order valence-electron chi connectivity index (χ4n) is 0.808. The van der Waals surface area contributed by atoms with E-state index in [9.17, 15) is 9.90 Å².